The van der Waals surface area contributed by atoms with Crippen LogP contribution in [0, 0.1) is 13.8 Å². The molecule has 0 atom stereocenters. The molecule has 1 saturated heterocycles. The van der Waals surface area contributed by atoms with Gasteiger partial charge < -0.3 is 10.2 Å². The zero-order chi connectivity index (χ0) is 14.1. The molecule has 106 valence electrons. The molecule has 5 heteroatoms. The summed E-state index contributed by atoms with van der Waals surface area (Å²) in [5.41, 5.74) is 3.47. The molecule has 1 amide bonds. The minimum Gasteiger partial charge on any atom is -0.336 e. The molecule has 20 heavy (non-hydrogen) atoms. The number of hydrogen-bond donors (Lipinski definition) is 1. The Kier molecular flexibility index (Phi) is 3.44. The summed E-state index contributed by atoms with van der Waals surface area (Å²) >= 11 is 0. The number of fused-ring (bicyclic) bond motifs is 1. The minimum absolute atomic E-state index is 0.0873. The summed E-state index contributed by atoms with van der Waals surface area (Å²) in [6, 6.07) is 3.98. The highest BCUT2D eigenvalue weighted by Crippen LogP contribution is 2.17. The standard InChI is InChI=1S/C15H20N4O/c1-11-5-3-9-19-13(12(2)17-14(11)19)15(20)18-8-4-6-16-7-10-18/h3,5,9,16H,4,6-8,10H2,1-2H3. The van der Waals surface area contributed by atoms with Crippen LogP contribution in [0.5, 0.6) is 0 Å². The third-order valence-corrected chi connectivity index (χ3v) is 3.85. The first-order valence-corrected chi connectivity index (χ1v) is 7.13. The van der Waals surface area contributed by atoms with Crippen molar-refractivity contribution in [3.05, 3.63) is 35.3 Å². The van der Waals surface area contributed by atoms with Gasteiger partial charge in [0.2, 0.25) is 0 Å². The van der Waals surface area contributed by atoms with Crippen LogP contribution in [0.2, 0.25) is 0 Å². The van der Waals surface area contributed by atoms with Gasteiger partial charge in [-0.2, -0.15) is 0 Å². The van der Waals surface area contributed by atoms with Crippen LogP contribution < -0.4 is 5.32 Å². The number of rotatable bonds is 1. The van der Waals surface area contributed by atoms with Crippen LogP contribution in [0.4, 0.5) is 0 Å². The predicted molar refractivity (Wildman–Crippen MR) is 78.1 cm³/mol. The summed E-state index contributed by atoms with van der Waals surface area (Å²) in [4.78, 5) is 19.3. The highest BCUT2D eigenvalue weighted by Gasteiger charge is 2.23. The van der Waals surface area contributed by atoms with Gasteiger partial charge in [0, 0.05) is 25.8 Å². The van der Waals surface area contributed by atoms with Crippen molar-refractivity contribution in [2.45, 2.75) is 20.3 Å². The molecule has 0 bridgehead atoms. The summed E-state index contributed by atoms with van der Waals surface area (Å²) in [5.74, 6) is 0.0873. The van der Waals surface area contributed by atoms with E-state index in [1.54, 1.807) is 0 Å². The van der Waals surface area contributed by atoms with Gasteiger partial charge in [0.25, 0.3) is 5.91 Å². The van der Waals surface area contributed by atoms with E-state index in [0.29, 0.717) is 5.69 Å². The number of pyridine rings is 1. The molecule has 3 heterocycles. The Morgan fingerprint density at radius 1 is 1.30 bits per heavy atom. The monoisotopic (exact) mass is 272 g/mol. The lowest BCUT2D eigenvalue weighted by Gasteiger charge is -2.20. The first-order chi connectivity index (χ1) is 9.68. The first-order valence-electron chi connectivity index (χ1n) is 7.13. The third-order valence-electron chi connectivity index (χ3n) is 3.85. The van der Waals surface area contributed by atoms with E-state index in [1.807, 2.05) is 41.5 Å². The quantitative estimate of drug-likeness (QED) is 0.853. The molecule has 2 aromatic heterocycles. The Bertz CT molecular complexity index is 639. The lowest BCUT2D eigenvalue weighted by atomic mass is 10.2. The SMILES string of the molecule is Cc1nc2c(C)cccn2c1C(=O)N1CCCNCC1. The van der Waals surface area contributed by atoms with Crippen LogP contribution in [0.1, 0.15) is 28.2 Å². The topological polar surface area (TPSA) is 49.6 Å². The van der Waals surface area contributed by atoms with Gasteiger partial charge in [0.1, 0.15) is 11.3 Å². The van der Waals surface area contributed by atoms with E-state index >= 15 is 0 Å². The Morgan fingerprint density at radius 2 is 2.15 bits per heavy atom. The number of nitrogens with zero attached hydrogens (tertiary/aromatic N) is 3. The van der Waals surface area contributed by atoms with Gasteiger partial charge in [-0.3, -0.25) is 9.20 Å². The molecule has 0 aromatic carbocycles. The minimum atomic E-state index is 0.0873. The summed E-state index contributed by atoms with van der Waals surface area (Å²) in [6.07, 6.45) is 2.92. The van der Waals surface area contributed by atoms with Gasteiger partial charge in [-0.1, -0.05) is 6.07 Å². The third kappa shape index (κ3) is 2.18. The van der Waals surface area contributed by atoms with Crippen molar-refractivity contribution >= 4 is 11.6 Å². The molecule has 0 aliphatic carbocycles. The number of imidazole rings is 1. The zero-order valence-electron chi connectivity index (χ0n) is 12.0. The average molecular weight is 272 g/mol. The van der Waals surface area contributed by atoms with Crippen LogP contribution in [-0.2, 0) is 0 Å². The number of nitrogens with one attached hydrogen (secondary N) is 1. The van der Waals surface area contributed by atoms with Crippen molar-refractivity contribution in [3.63, 3.8) is 0 Å². The fraction of sp³-hybridized carbons (Fsp3) is 0.467. The number of hydrogen-bond acceptors (Lipinski definition) is 3. The lowest BCUT2D eigenvalue weighted by molar-refractivity contribution is 0.0758. The maximum atomic E-state index is 12.8. The second-order valence-electron chi connectivity index (χ2n) is 5.33. The van der Waals surface area contributed by atoms with Crippen molar-refractivity contribution in [1.82, 2.24) is 19.6 Å². The van der Waals surface area contributed by atoms with Crippen molar-refractivity contribution in [2.75, 3.05) is 26.2 Å². The Hall–Kier alpha value is -1.88. The van der Waals surface area contributed by atoms with Crippen molar-refractivity contribution in [2.24, 2.45) is 0 Å². The number of aryl methyl sites for hydroxylation is 2. The van der Waals surface area contributed by atoms with Gasteiger partial charge in [0.15, 0.2) is 0 Å². The fourth-order valence-corrected chi connectivity index (χ4v) is 2.77. The number of carbonyl (C=O) groups excluding carboxylic acids is 1. The molecular formula is C15H20N4O. The summed E-state index contributed by atoms with van der Waals surface area (Å²) < 4.78 is 1.92. The Morgan fingerprint density at radius 3 is 3.00 bits per heavy atom. The molecule has 0 radical (unpaired) electrons. The van der Waals surface area contributed by atoms with E-state index in [1.165, 1.54) is 0 Å². The molecule has 0 saturated carbocycles. The van der Waals surface area contributed by atoms with Gasteiger partial charge in [0.05, 0.1) is 5.69 Å². The Labute approximate surface area is 118 Å². The fourth-order valence-electron chi connectivity index (χ4n) is 2.77. The van der Waals surface area contributed by atoms with E-state index in [-0.39, 0.29) is 5.91 Å². The zero-order valence-corrected chi connectivity index (χ0v) is 12.0. The van der Waals surface area contributed by atoms with E-state index in [4.69, 9.17) is 0 Å². The Balaban J connectivity index is 2.02. The van der Waals surface area contributed by atoms with Crippen molar-refractivity contribution in [1.29, 1.82) is 0 Å². The smallest absolute Gasteiger partial charge is 0.272 e. The van der Waals surface area contributed by atoms with Crippen LogP contribution >= 0.6 is 0 Å². The van der Waals surface area contributed by atoms with E-state index in [2.05, 4.69) is 10.3 Å². The van der Waals surface area contributed by atoms with Gasteiger partial charge in [-0.15, -0.1) is 0 Å². The van der Waals surface area contributed by atoms with E-state index in [9.17, 15) is 4.79 Å². The second-order valence-corrected chi connectivity index (χ2v) is 5.33. The average Bonchev–Trinajstić information content (AvgIpc) is 2.64. The predicted octanol–water partition coefficient (Wildman–Crippen LogP) is 1.39. The number of aromatic nitrogens is 2. The molecule has 3 rings (SSSR count). The first kappa shape index (κ1) is 13.1. The second kappa shape index (κ2) is 5.25. The summed E-state index contributed by atoms with van der Waals surface area (Å²) in [5, 5.41) is 3.32. The van der Waals surface area contributed by atoms with Crippen LogP contribution in [0.15, 0.2) is 18.3 Å². The highest BCUT2D eigenvalue weighted by molar-refractivity contribution is 5.94. The van der Waals surface area contributed by atoms with Crippen molar-refractivity contribution in [3.8, 4) is 0 Å². The number of carbonyl (C=O) groups is 1. The molecule has 0 spiro atoms. The summed E-state index contributed by atoms with van der Waals surface area (Å²) in [6.45, 7) is 7.35. The van der Waals surface area contributed by atoms with Crippen LogP contribution in [0.3, 0.4) is 0 Å². The molecule has 1 aliphatic heterocycles. The van der Waals surface area contributed by atoms with Crippen LogP contribution in [0.25, 0.3) is 5.65 Å². The molecule has 2 aromatic rings. The lowest BCUT2D eigenvalue weighted by Crippen LogP contribution is -2.35. The van der Waals surface area contributed by atoms with Gasteiger partial charge in [-0.25, -0.2) is 4.98 Å². The highest BCUT2D eigenvalue weighted by atomic mass is 16.2. The normalized spacial score (nSPS) is 16.4. The summed E-state index contributed by atoms with van der Waals surface area (Å²) in [7, 11) is 0. The maximum Gasteiger partial charge on any atom is 0.272 e. The van der Waals surface area contributed by atoms with E-state index in [0.717, 1.165) is 49.5 Å². The number of amides is 1. The maximum absolute atomic E-state index is 12.8. The van der Waals surface area contributed by atoms with Gasteiger partial charge in [-0.05, 0) is 38.4 Å². The molecule has 1 aliphatic rings. The van der Waals surface area contributed by atoms with Crippen molar-refractivity contribution < 1.29 is 4.79 Å². The largest absolute Gasteiger partial charge is 0.336 e. The van der Waals surface area contributed by atoms with Crippen LogP contribution in [-0.4, -0.2) is 46.4 Å². The van der Waals surface area contributed by atoms with Gasteiger partial charge >= 0.3 is 0 Å². The molecule has 1 fully saturated rings. The molecule has 5 nitrogen and oxygen atoms in total. The molecular weight excluding hydrogens is 252 g/mol. The molecule has 0 unspecified atom stereocenters. The molecule has 1 N–H and O–H groups in total. The van der Waals surface area contributed by atoms with E-state index < -0.39 is 0 Å².